The fourth-order valence-electron chi connectivity index (χ4n) is 3.14. The number of amides is 1. The van der Waals surface area contributed by atoms with Crippen LogP contribution < -0.4 is 10.1 Å². The summed E-state index contributed by atoms with van der Waals surface area (Å²) in [5.41, 5.74) is 1.10. The summed E-state index contributed by atoms with van der Waals surface area (Å²) >= 11 is 1.99. The van der Waals surface area contributed by atoms with E-state index in [-0.39, 0.29) is 11.9 Å². The summed E-state index contributed by atoms with van der Waals surface area (Å²) in [5, 5.41) is 3.78. The first kappa shape index (κ1) is 15.7. The monoisotopic (exact) mass is 320 g/mol. The van der Waals surface area contributed by atoms with Gasteiger partial charge in [-0.3, -0.25) is 9.69 Å². The second-order valence-corrected chi connectivity index (χ2v) is 7.57. The van der Waals surface area contributed by atoms with Gasteiger partial charge in [0, 0.05) is 35.6 Å². The molecule has 3 rings (SSSR count). The molecule has 3 atom stereocenters. The Bertz CT molecular complexity index is 537. The van der Waals surface area contributed by atoms with Crippen molar-refractivity contribution in [1.29, 1.82) is 0 Å². The number of ether oxygens (including phenoxy) is 1. The van der Waals surface area contributed by atoms with Crippen LogP contribution in [0.3, 0.4) is 0 Å². The Morgan fingerprint density at radius 1 is 1.41 bits per heavy atom. The predicted octanol–water partition coefficient (Wildman–Crippen LogP) is 2.45. The van der Waals surface area contributed by atoms with Gasteiger partial charge in [0.15, 0.2) is 0 Å². The van der Waals surface area contributed by atoms with E-state index in [4.69, 9.17) is 4.74 Å². The lowest BCUT2D eigenvalue weighted by atomic mass is 10.0. The number of thioether (sulfide) groups is 1. The van der Waals surface area contributed by atoms with Crippen LogP contribution in [0.1, 0.15) is 31.9 Å². The average Bonchev–Trinajstić information content (AvgIpc) is 2.52. The number of fused-ring (bicyclic) bond motifs is 1. The Kier molecular flexibility index (Phi) is 4.93. The molecule has 1 N–H and O–H groups in total. The Labute approximate surface area is 136 Å². The summed E-state index contributed by atoms with van der Waals surface area (Å²) < 4.78 is 5.65. The summed E-state index contributed by atoms with van der Waals surface area (Å²) in [6.07, 6.45) is 0.838. The molecule has 1 fully saturated rings. The highest BCUT2D eigenvalue weighted by molar-refractivity contribution is 8.00. The molecule has 2 aliphatic heterocycles. The Hall–Kier alpha value is -1.20. The summed E-state index contributed by atoms with van der Waals surface area (Å²) in [4.78, 5) is 14.7. The van der Waals surface area contributed by atoms with Crippen LogP contribution in [0.4, 0.5) is 0 Å². The van der Waals surface area contributed by atoms with Crippen LogP contribution in [0.25, 0.3) is 0 Å². The number of carbonyl (C=O) groups is 1. The van der Waals surface area contributed by atoms with Gasteiger partial charge in [-0.05, 0) is 13.0 Å². The first-order valence-corrected chi connectivity index (χ1v) is 9.07. The van der Waals surface area contributed by atoms with Crippen molar-refractivity contribution < 1.29 is 9.53 Å². The number of benzene rings is 1. The van der Waals surface area contributed by atoms with Crippen LogP contribution in [0, 0.1) is 0 Å². The topological polar surface area (TPSA) is 41.6 Å². The van der Waals surface area contributed by atoms with E-state index in [0.29, 0.717) is 24.4 Å². The molecule has 3 unspecified atom stereocenters. The van der Waals surface area contributed by atoms with Crippen molar-refractivity contribution in [1.82, 2.24) is 10.2 Å². The SMILES string of the molecule is CC1SCCN(CC(=O)NC2CCOc3ccccc32)C1C. The van der Waals surface area contributed by atoms with Crippen LogP contribution in [0.15, 0.2) is 24.3 Å². The van der Waals surface area contributed by atoms with Gasteiger partial charge >= 0.3 is 0 Å². The third kappa shape index (κ3) is 3.41. The number of nitrogens with zero attached hydrogens (tertiary/aromatic N) is 1. The number of carbonyl (C=O) groups excluding carboxylic acids is 1. The minimum atomic E-state index is 0.0735. The summed E-state index contributed by atoms with van der Waals surface area (Å²) in [7, 11) is 0. The summed E-state index contributed by atoms with van der Waals surface area (Å²) in [6.45, 7) is 6.61. The number of para-hydroxylation sites is 1. The first-order valence-electron chi connectivity index (χ1n) is 8.02. The van der Waals surface area contributed by atoms with Crippen LogP contribution in [-0.4, -0.2) is 47.5 Å². The normalized spacial score (nSPS) is 28.5. The number of nitrogens with one attached hydrogen (secondary N) is 1. The van der Waals surface area contributed by atoms with E-state index in [1.807, 2.05) is 36.0 Å². The molecule has 0 spiro atoms. The number of hydrogen-bond donors (Lipinski definition) is 1. The van der Waals surface area contributed by atoms with Crippen molar-refractivity contribution in [3.63, 3.8) is 0 Å². The summed E-state index contributed by atoms with van der Waals surface area (Å²) in [5.74, 6) is 2.13. The lowest BCUT2D eigenvalue weighted by Gasteiger charge is -2.37. The first-order chi connectivity index (χ1) is 10.6. The van der Waals surface area contributed by atoms with Gasteiger partial charge in [0.1, 0.15) is 5.75 Å². The highest BCUT2D eigenvalue weighted by Crippen LogP contribution is 2.31. The molecule has 22 heavy (non-hydrogen) atoms. The molecule has 0 aromatic heterocycles. The fourth-order valence-corrected chi connectivity index (χ4v) is 4.30. The van der Waals surface area contributed by atoms with Crippen molar-refractivity contribution in [3.8, 4) is 5.75 Å². The third-order valence-electron chi connectivity index (χ3n) is 4.65. The Balaban J connectivity index is 1.61. The summed E-state index contributed by atoms with van der Waals surface area (Å²) in [6, 6.07) is 8.51. The maximum atomic E-state index is 12.4. The van der Waals surface area contributed by atoms with E-state index in [0.717, 1.165) is 30.0 Å². The zero-order valence-electron chi connectivity index (χ0n) is 13.2. The van der Waals surface area contributed by atoms with E-state index >= 15 is 0 Å². The molecule has 2 aliphatic rings. The largest absolute Gasteiger partial charge is 0.493 e. The van der Waals surface area contributed by atoms with Gasteiger partial charge in [-0.25, -0.2) is 0 Å². The van der Waals surface area contributed by atoms with Crippen molar-refractivity contribution in [3.05, 3.63) is 29.8 Å². The second-order valence-electron chi connectivity index (χ2n) is 6.08. The standard InChI is InChI=1S/C17H24N2O2S/c1-12-13(2)22-10-8-19(12)11-17(20)18-15-7-9-21-16-6-4-3-5-14(15)16/h3-6,12-13,15H,7-11H2,1-2H3,(H,18,20). The predicted molar refractivity (Wildman–Crippen MR) is 90.4 cm³/mol. The van der Waals surface area contributed by atoms with Crippen LogP contribution in [-0.2, 0) is 4.79 Å². The van der Waals surface area contributed by atoms with Crippen molar-refractivity contribution >= 4 is 17.7 Å². The Morgan fingerprint density at radius 3 is 3.09 bits per heavy atom. The van der Waals surface area contributed by atoms with Gasteiger partial charge in [-0.2, -0.15) is 11.8 Å². The van der Waals surface area contributed by atoms with E-state index < -0.39 is 0 Å². The zero-order chi connectivity index (χ0) is 15.5. The molecule has 120 valence electrons. The molecule has 1 amide bonds. The van der Waals surface area contributed by atoms with E-state index in [2.05, 4.69) is 24.1 Å². The smallest absolute Gasteiger partial charge is 0.234 e. The maximum Gasteiger partial charge on any atom is 0.234 e. The minimum Gasteiger partial charge on any atom is -0.493 e. The van der Waals surface area contributed by atoms with Gasteiger partial charge in [0.2, 0.25) is 5.91 Å². The zero-order valence-corrected chi connectivity index (χ0v) is 14.1. The van der Waals surface area contributed by atoms with Crippen LogP contribution in [0.2, 0.25) is 0 Å². The molecule has 1 aromatic rings. The molecular formula is C17H24N2O2S. The molecule has 0 bridgehead atoms. The van der Waals surface area contributed by atoms with Crippen LogP contribution >= 0.6 is 11.8 Å². The van der Waals surface area contributed by atoms with E-state index in [1.54, 1.807) is 0 Å². The van der Waals surface area contributed by atoms with E-state index in [1.165, 1.54) is 0 Å². The Morgan fingerprint density at radius 2 is 2.23 bits per heavy atom. The van der Waals surface area contributed by atoms with Crippen molar-refractivity contribution in [2.75, 3.05) is 25.4 Å². The molecule has 2 heterocycles. The molecular weight excluding hydrogens is 296 g/mol. The van der Waals surface area contributed by atoms with Crippen molar-refractivity contribution in [2.24, 2.45) is 0 Å². The van der Waals surface area contributed by atoms with Crippen LogP contribution in [0.5, 0.6) is 5.75 Å². The quantitative estimate of drug-likeness (QED) is 0.929. The molecule has 0 radical (unpaired) electrons. The highest BCUT2D eigenvalue weighted by atomic mass is 32.2. The molecule has 4 nitrogen and oxygen atoms in total. The number of rotatable bonds is 3. The molecule has 0 aliphatic carbocycles. The lowest BCUT2D eigenvalue weighted by Crippen LogP contribution is -2.49. The van der Waals surface area contributed by atoms with Gasteiger partial charge in [0.25, 0.3) is 0 Å². The molecule has 1 aromatic carbocycles. The fraction of sp³-hybridized carbons (Fsp3) is 0.588. The average molecular weight is 320 g/mol. The van der Waals surface area contributed by atoms with Crippen molar-refractivity contribution in [2.45, 2.75) is 37.6 Å². The number of hydrogen-bond acceptors (Lipinski definition) is 4. The van der Waals surface area contributed by atoms with Gasteiger partial charge in [0.05, 0.1) is 19.2 Å². The molecule has 1 saturated heterocycles. The molecule has 5 heteroatoms. The lowest BCUT2D eigenvalue weighted by molar-refractivity contribution is -0.123. The van der Waals surface area contributed by atoms with E-state index in [9.17, 15) is 4.79 Å². The van der Waals surface area contributed by atoms with Gasteiger partial charge in [-0.1, -0.05) is 25.1 Å². The highest BCUT2D eigenvalue weighted by Gasteiger charge is 2.28. The van der Waals surface area contributed by atoms with Gasteiger partial charge < -0.3 is 10.1 Å². The molecule has 0 saturated carbocycles. The second kappa shape index (κ2) is 6.92. The third-order valence-corrected chi connectivity index (χ3v) is 5.99. The maximum absolute atomic E-state index is 12.4. The minimum absolute atomic E-state index is 0.0735. The van der Waals surface area contributed by atoms with Gasteiger partial charge in [-0.15, -0.1) is 0 Å².